The van der Waals surface area contributed by atoms with E-state index >= 15 is 0 Å². The van der Waals surface area contributed by atoms with Gasteiger partial charge in [-0.25, -0.2) is 0 Å². The van der Waals surface area contributed by atoms with Gasteiger partial charge in [0, 0.05) is 13.0 Å². The second kappa shape index (κ2) is 48.9. The van der Waals surface area contributed by atoms with Gasteiger partial charge in [0.15, 0.2) is 0 Å². The molecule has 0 rings (SSSR count). The molecule has 9 heteroatoms. The van der Waals surface area contributed by atoms with Crippen LogP contribution in [0.1, 0.15) is 245 Å². The summed E-state index contributed by atoms with van der Waals surface area (Å²) in [5.41, 5.74) is 0. The van der Waals surface area contributed by atoms with E-state index in [0.29, 0.717) is 24.1 Å². The first-order valence-electron chi connectivity index (χ1n) is 27.4. The monoisotopic (exact) mass is 936 g/mol. The third-order valence-electron chi connectivity index (χ3n) is 11.9. The van der Waals surface area contributed by atoms with E-state index in [1.807, 2.05) is 21.1 Å². The second-order valence-electron chi connectivity index (χ2n) is 19.6. The number of quaternary nitrogens is 1. The standard InChI is InChI=1S/C56H106NO7P/c1-6-8-10-12-14-16-18-20-22-24-26-27-28-29-30-32-34-36-38-40-42-44-46-48-51-61-53-55(54-63-65(59,60)62-52-50-57(3,4)5)64-56(58)49-47-45-43-41-39-37-35-33-31-25-23-21-19-17-15-13-11-9-7-2/h15,17-18,20-21,23-24,26,55H,6-14,16,19,22,25,27-54H2,1-5H3/b17-15-,20-18-,23-21-,26-24-. The van der Waals surface area contributed by atoms with Crippen molar-refractivity contribution in [3.8, 4) is 0 Å². The van der Waals surface area contributed by atoms with Crippen LogP contribution in [0.4, 0.5) is 0 Å². The zero-order valence-electron chi connectivity index (χ0n) is 43.4. The molecule has 65 heavy (non-hydrogen) atoms. The minimum atomic E-state index is -4.53. The van der Waals surface area contributed by atoms with Crippen molar-refractivity contribution in [1.82, 2.24) is 0 Å². The summed E-state index contributed by atoms with van der Waals surface area (Å²) in [4.78, 5) is 25.2. The highest BCUT2D eigenvalue weighted by atomic mass is 31.2. The third kappa shape index (κ3) is 53.3. The van der Waals surface area contributed by atoms with E-state index < -0.39 is 13.9 Å². The predicted octanol–water partition coefficient (Wildman–Crippen LogP) is 16.4. The van der Waals surface area contributed by atoms with Gasteiger partial charge in [0.1, 0.15) is 19.3 Å². The highest BCUT2D eigenvalue weighted by Crippen LogP contribution is 2.38. The highest BCUT2D eigenvalue weighted by molar-refractivity contribution is 7.45. The van der Waals surface area contributed by atoms with Crippen LogP contribution < -0.4 is 4.89 Å². The average molecular weight is 936 g/mol. The van der Waals surface area contributed by atoms with Gasteiger partial charge in [0.2, 0.25) is 0 Å². The number of hydrogen-bond donors (Lipinski definition) is 0. The first kappa shape index (κ1) is 63.5. The van der Waals surface area contributed by atoms with Gasteiger partial charge in [-0.2, -0.15) is 0 Å². The number of hydrogen-bond acceptors (Lipinski definition) is 7. The molecule has 0 saturated carbocycles. The molecule has 0 N–H and O–H groups in total. The van der Waals surface area contributed by atoms with Crippen LogP contribution in [-0.2, 0) is 27.9 Å². The Labute approximate surface area is 403 Å². The van der Waals surface area contributed by atoms with Crippen molar-refractivity contribution in [1.29, 1.82) is 0 Å². The number of likely N-dealkylation sites (N-methyl/N-ethyl adjacent to an activating group) is 1. The van der Waals surface area contributed by atoms with Crippen molar-refractivity contribution in [3.63, 3.8) is 0 Å². The first-order valence-corrected chi connectivity index (χ1v) is 28.8. The van der Waals surface area contributed by atoms with Gasteiger partial charge in [0.25, 0.3) is 7.82 Å². The maximum atomic E-state index is 12.8. The molecule has 0 bridgehead atoms. The minimum absolute atomic E-state index is 0.0245. The van der Waals surface area contributed by atoms with E-state index in [-0.39, 0.29) is 25.8 Å². The number of rotatable bonds is 51. The van der Waals surface area contributed by atoms with Crippen LogP contribution in [0.3, 0.4) is 0 Å². The Bertz CT molecular complexity index is 1180. The third-order valence-corrected chi connectivity index (χ3v) is 12.8. The van der Waals surface area contributed by atoms with Crippen LogP contribution >= 0.6 is 7.82 Å². The Kier molecular flexibility index (Phi) is 47.7. The lowest BCUT2D eigenvalue weighted by Gasteiger charge is -2.28. The van der Waals surface area contributed by atoms with Gasteiger partial charge in [-0.1, -0.05) is 210 Å². The van der Waals surface area contributed by atoms with E-state index in [4.69, 9.17) is 18.5 Å². The summed E-state index contributed by atoms with van der Waals surface area (Å²) in [5, 5.41) is 0. The van der Waals surface area contributed by atoms with Crippen LogP contribution in [0.5, 0.6) is 0 Å². The molecular weight excluding hydrogens is 830 g/mol. The quantitative estimate of drug-likeness (QED) is 0.0197. The fraction of sp³-hybridized carbons (Fsp3) is 0.839. The van der Waals surface area contributed by atoms with Gasteiger partial charge >= 0.3 is 5.97 Å². The van der Waals surface area contributed by atoms with Crippen LogP contribution in [0.15, 0.2) is 48.6 Å². The Balaban J connectivity index is 4.10. The summed E-state index contributed by atoms with van der Waals surface area (Å²) >= 11 is 0. The molecule has 0 aromatic carbocycles. The number of nitrogens with zero attached hydrogens (tertiary/aromatic N) is 1. The van der Waals surface area contributed by atoms with Gasteiger partial charge in [-0.05, 0) is 77.0 Å². The average Bonchev–Trinajstić information content (AvgIpc) is 3.27. The largest absolute Gasteiger partial charge is 0.756 e. The normalized spacial score (nSPS) is 13.9. The number of ether oxygens (including phenoxy) is 2. The van der Waals surface area contributed by atoms with Crippen molar-refractivity contribution in [2.24, 2.45) is 0 Å². The topological polar surface area (TPSA) is 94.1 Å². The van der Waals surface area contributed by atoms with E-state index in [1.54, 1.807) is 0 Å². The maximum absolute atomic E-state index is 12.8. The fourth-order valence-electron chi connectivity index (χ4n) is 7.61. The van der Waals surface area contributed by atoms with Crippen LogP contribution in [0, 0.1) is 0 Å². The lowest BCUT2D eigenvalue weighted by Crippen LogP contribution is -2.37. The number of carbonyl (C=O) groups is 1. The molecule has 0 saturated heterocycles. The van der Waals surface area contributed by atoms with Crippen LogP contribution in [0.2, 0.25) is 0 Å². The summed E-state index contributed by atoms with van der Waals surface area (Å²) < 4.78 is 34.8. The maximum Gasteiger partial charge on any atom is 0.306 e. The van der Waals surface area contributed by atoms with E-state index in [9.17, 15) is 14.3 Å². The predicted molar refractivity (Wildman–Crippen MR) is 277 cm³/mol. The Morgan fingerprint density at radius 3 is 1.28 bits per heavy atom. The summed E-state index contributed by atoms with van der Waals surface area (Å²) in [6, 6.07) is 0. The molecule has 0 aliphatic carbocycles. The van der Waals surface area contributed by atoms with Crippen LogP contribution in [0.25, 0.3) is 0 Å². The molecule has 0 fully saturated rings. The van der Waals surface area contributed by atoms with Crippen molar-refractivity contribution in [2.45, 2.75) is 251 Å². The second-order valence-corrected chi connectivity index (χ2v) is 21.0. The molecule has 8 nitrogen and oxygen atoms in total. The van der Waals surface area contributed by atoms with Crippen molar-refractivity contribution >= 4 is 13.8 Å². The van der Waals surface area contributed by atoms with E-state index in [0.717, 1.165) is 44.9 Å². The number of unbranched alkanes of at least 4 members (excludes halogenated alkanes) is 29. The van der Waals surface area contributed by atoms with E-state index in [2.05, 4.69) is 62.5 Å². The molecule has 0 aliphatic rings. The number of carbonyl (C=O) groups excluding carboxylic acids is 1. The molecule has 0 heterocycles. The Morgan fingerprint density at radius 1 is 0.477 bits per heavy atom. The highest BCUT2D eigenvalue weighted by Gasteiger charge is 2.20. The zero-order chi connectivity index (χ0) is 47.6. The number of allylic oxidation sites excluding steroid dienone is 8. The number of phosphoric ester groups is 1. The summed E-state index contributed by atoms with van der Waals surface area (Å²) in [6.07, 6.45) is 61.4. The van der Waals surface area contributed by atoms with Gasteiger partial charge in [-0.15, -0.1) is 0 Å². The molecule has 0 aromatic rings. The zero-order valence-corrected chi connectivity index (χ0v) is 44.3. The lowest BCUT2D eigenvalue weighted by molar-refractivity contribution is -0.870. The lowest BCUT2D eigenvalue weighted by atomic mass is 10.0. The molecular formula is C56H106NO7P. The molecule has 0 amide bonds. The van der Waals surface area contributed by atoms with Crippen molar-refractivity contribution in [3.05, 3.63) is 48.6 Å². The van der Waals surface area contributed by atoms with E-state index in [1.165, 1.54) is 180 Å². The van der Waals surface area contributed by atoms with Gasteiger partial charge in [-0.3, -0.25) is 9.36 Å². The number of phosphoric acid groups is 1. The van der Waals surface area contributed by atoms with Crippen LogP contribution in [-0.4, -0.2) is 70.7 Å². The van der Waals surface area contributed by atoms with Crippen molar-refractivity contribution in [2.75, 3.05) is 54.1 Å². The fourth-order valence-corrected chi connectivity index (χ4v) is 8.34. The molecule has 0 spiro atoms. The Morgan fingerprint density at radius 2 is 0.846 bits per heavy atom. The van der Waals surface area contributed by atoms with Gasteiger partial charge in [0.05, 0.1) is 34.4 Å². The summed E-state index contributed by atoms with van der Waals surface area (Å²) in [5.74, 6) is -0.337. The molecule has 382 valence electrons. The van der Waals surface area contributed by atoms with Crippen molar-refractivity contribution < 1.29 is 37.3 Å². The number of esters is 1. The minimum Gasteiger partial charge on any atom is -0.756 e. The molecule has 0 radical (unpaired) electrons. The molecule has 2 unspecified atom stereocenters. The van der Waals surface area contributed by atoms with Gasteiger partial charge < -0.3 is 27.9 Å². The molecule has 0 aromatic heterocycles. The first-order chi connectivity index (χ1) is 31.6. The summed E-state index contributed by atoms with van der Waals surface area (Å²) in [7, 11) is 1.36. The SMILES string of the molecule is CCCCC/C=C\C/C=C\CCCCCCCCCCCC(=O)OC(COCCCCCCCCCCCCCC/C=C\C/C=C\CCCCCCC)COP(=O)([O-])OCC[N+](C)(C)C. The Hall–Kier alpha value is -1.54. The smallest absolute Gasteiger partial charge is 0.306 e. The summed E-state index contributed by atoms with van der Waals surface area (Å²) in [6.45, 7) is 5.40. The molecule has 2 atom stereocenters. The molecule has 0 aliphatic heterocycles.